The summed E-state index contributed by atoms with van der Waals surface area (Å²) in [4.78, 5) is 7.83. The van der Waals surface area contributed by atoms with Crippen molar-refractivity contribution in [1.29, 1.82) is 0 Å². The Morgan fingerprint density at radius 2 is 2.00 bits per heavy atom. The summed E-state index contributed by atoms with van der Waals surface area (Å²) in [5.74, 6) is 0.254. The fourth-order valence-electron chi connectivity index (χ4n) is 1.24. The second-order valence-corrected chi connectivity index (χ2v) is 3.15. The Bertz CT molecular complexity index is 431. The Kier molecular flexibility index (Phi) is 2.78. The highest BCUT2D eigenvalue weighted by Crippen LogP contribution is 2.15. The van der Waals surface area contributed by atoms with Crippen LogP contribution >= 0.6 is 0 Å². The fraction of sp³-hybridized carbons (Fsp3) is 0.0909. The van der Waals surface area contributed by atoms with Crippen LogP contribution in [0.15, 0.2) is 43.0 Å². The standard InChI is InChI=1S/C11H11N3O/c15-11-3-1-2-10(4-11)14-7-9-5-12-8-13-6-9/h1-6,8,14-15H,7H2. The highest BCUT2D eigenvalue weighted by atomic mass is 16.3. The van der Waals surface area contributed by atoms with Crippen LogP contribution in [-0.4, -0.2) is 15.1 Å². The van der Waals surface area contributed by atoms with Crippen LogP contribution in [0, 0.1) is 0 Å². The van der Waals surface area contributed by atoms with E-state index in [0.717, 1.165) is 11.3 Å². The van der Waals surface area contributed by atoms with E-state index in [4.69, 9.17) is 0 Å². The summed E-state index contributed by atoms with van der Waals surface area (Å²) < 4.78 is 0. The summed E-state index contributed by atoms with van der Waals surface area (Å²) in [6.45, 7) is 0.643. The van der Waals surface area contributed by atoms with Crippen LogP contribution in [0.4, 0.5) is 5.69 Å². The van der Waals surface area contributed by atoms with Gasteiger partial charge in [0.25, 0.3) is 0 Å². The summed E-state index contributed by atoms with van der Waals surface area (Å²) >= 11 is 0. The molecular formula is C11H11N3O. The average molecular weight is 201 g/mol. The molecule has 0 amide bonds. The molecule has 76 valence electrons. The SMILES string of the molecule is Oc1cccc(NCc2cncnc2)c1. The molecule has 0 bridgehead atoms. The van der Waals surface area contributed by atoms with Gasteiger partial charge in [-0.2, -0.15) is 0 Å². The minimum Gasteiger partial charge on any atom is -0.508 e. The Labute approximate surface area is 87.6 Å². The lowest BCUT2D eigenvalue weighted by Gasteiger charge is -2.05. The molecule has 0 saturated heterocycles. The zero-order chi connectivity index (χ0) is 10.5. The number of aromatic nitrogens is 2. The molecule has 2 N–H and O–H groups in total. The van der Waals surface area contributed by atoms with Gasteiger partial charge < -0.3 is 10.4 Å². The zero-order valence-corrected chi connectivity index (χ0v) is 8.09. The highest BCUT2D eigenvalue weighted by molar-refractivity contribution is 5.47. The van der Waals surface area contributed by atoms with Crippen molar-refractivity contribution in [2.75, 3.05) is 5.32 Å². The number of phenolic OH excluding ortho intramolecular Hbond substituents is 1. The number of phenols is 1. The fourth-order valence-corrected chi connectivity index (χ4v) is 1.24. The van der Waals surface area contributed by atoms with E-state index in [2.05, 4.69) is 15.3 Å². The minimum atomic E-state index is 0.254. The van der Waals surface area contributed by atoms with Gasteiger partial charge in [-0.1, -0.05) is 6.07 Å². The lowest BCUT2D eigenvalue weighted by Crippen LogP contribution is -1.99. The van der Waals surface area contributed by atoms with Crippen LogP contribution in [0.2, 0.25) is 0 Å². The van der Waals surface area contributed by atoms with Gasteiger partial charge in [0, 0.05) is 36.3 Å². The third-order valence-electron chi connectivity index (χ3n) is 1.96. The van der Waals surface area contributed by atoms with Gasteiger partial charge in [0.05, 0.1) is 0 Å². The van der Waals surface area contributed by atoms with E-state index >= 15 is 0 Å². The molecule has 2 aromatic rings. The molecule has 4 heteroatoms. The van der Waals surface area contributed by atoms with Gasteiger partial charge in [0.15, 0.2) is 0 Å². The van der Waals surface area contributed by atoms with E-state index in [-0.39, 0.29) is 5.75 Å². The van der Waals surface area contributed by atoms with Crippen LogP contribution in [0.3, 0.4) is 0 Å². The second kappa shape index (κ2) is 4.41. The number of nitrogens with zero attached hydrogens (tertiary/aromatic N) is 2. The number of anilines is 1. The van der Waals surface area contributed by atoms with Gasteiger partial charge in [0.2, 0.25) is 0 Å². The van der Waals surface area contributed by atoms with Crippen molar-refractivity contribution in [3.63, 3.8) is 0 Å². The van der Waals surface area contributed by atoms with Crippen LogP contribution in [0.1, 0.15) is 5.56 Å². The average Bonchev–Trinajstić information content (AvgIpc) is 2.28. The summed E-state index contributed by atoms with van der Waals surface area (Å²) in [7, 11) is 0. The van der Waals surface area contributed by atoms with Crippen molar-refractivity contribution in [3.8, 4) is 5.75 Å². The van der Waals surface area contributed by atoms with Crippen molar-refractivity contribution in [2.45, 2.75) is 6.54 Å². The van der Waals surface area contributed by atoms with Gasteiger partial charge in [-0.05, 0) is 12.1 Å². The molecule has 4 nitrogen and oxygen atoms in total. The van der Waals surface area contributed by atoms with Crippen LogP contribution in [-0.2, 0) is 6.54 Å². The number of benzene rings is 1. The molecule has 1 heterocycles. The lowest BCUT2D eigenvalue weighted by atomic mass is 10.3. The number of hydrogen-bond acceptors (Lipinski definition) is 4. The molecule has 0 aliphatic carbocycles. The molecule has 0 fully saturated rings. The van der Waals surface area contributed by atoms with Crippen molar-refractivity contribution in [3.05, 3.63) is 48.5 Å². The van der Waals surface area contributed by atoms with E-state index in [1.54, 1.807) is 30.6 Å². The Morgan fingerprint density at radius 3 is 2.73 bits per heavy atom. The van der Waals surface area contributed by atoms with E-state index in [9.17, 15) is 5.11 Å². The first-order chi connectivity index (χ1) is 7.34. The van der Waals surface area contributed by atoms with Crippen molar-refractivity contribution in [2.24, 2.45) is 0 Å². The Balaban J connectivity index is 1.99. The molecule has 2 rings (SSSR count). The van der Waals surface area contributed by atoms with Gasteiger partial charge in [-0.15, -0.1) is 0 Å². The van der Waals surface area contributed by atoms with Crippen molar-refractivity contribution in [1.82, 2.24) is 9.97 Å². The summed E-state index contributed by atoms with van der Waals surface area (Å²) in [5, 5.41) is 12.4. The summed E-state index contributed by atoms with van der Waals surface area (Å²) in [6.07, 6.45) is 5.00. The smallest absolute Gasteiger partial charge is 0.117 e. The van der Waals surface area contributed by atoms with Gasteiger partial charge in [-0.3, -0.25) is 0 Å². The molecule has 0 saturated carbocycles. The largest absolute Gasteiger partial charge is 0.508 e. The maximum absolute atomic E-state index is 9.25. The summed E-state index contributed by atoms with van der Waals surface area (Å²) in [5.41, 5.74) is 1.87. The first kappa shape index (κ1) is 9.45. The quantitative estimate of drug-likeness (QED) is 0.794. The molecule has 1 aromatic heterocycles. The van der Waals surface area contributed by atoms with Crippen molar-refractivity contribution < 1.29 is 5.11 Å². The Morgan fingerprint density at radius 1 is 1.20 bits per heavy atom. The number of rotatable bonds is 3. The predicted octanol–water partition coefficient (Wildman–Crippen LogP) is 1.79. The van der Waals surface area contributed by atoms with Crippen LogP contribution in [0.25, 0.3) is 0 Å². The maximum Gasteiger partial charge on any atom is 0.117 e. The van der Waals surface area contributed by atoms with Gasteiger partial charge >= 0.3 is 0 Å². The molecule has 1 aromatic carbocycles. The second-order valence-electron chi connectivity index (χ2n) is 3.15. The van der Waals surface area contributed by atoms with E-state index in [1.807, 2.05) is 6.07 Å². The third-order valence-corrected chi connectivity index (χ3v) is 1.96. The number of aromatic hydroxyl groups is 1. The third kappa shape index (κ3) is 2.67. The first-order valence-electron chi connectivity index (χ1n) is 4.61. The van der Waals surface area contributed by atoms with E-state index in [1.165, 1.54) is 6.33 Å². The van der Waals surface area contributed by atoms with Gasteiger partial charge in [0.1, 0.15) is 12.1 Å². The van der Waals surface area contributed by atoms with E-state index in [0.29, 0.717) is 6.54 Å². The molecule has 15 heavy (non-hydrogen) atoms. The van der Waals surface area contributed by atoms with Gasteiger partial charge in [-0.25, -0.2) is 9.97 Å². The monoisotopic (exact) mass is 201 g/mol. The first-order valence-corrected chi connectivity index (χ1v) is 4.61. The predicted molar refractivity (Wildman–Crippen MR) is 57.5 cm³/mol. The molecule has 0 aliphatic heterocycles. The zero-order valence-electron chi connectivity index (χ0n) is 8.09. The Hall–Kier alpha value is -2.10. The number of hydrogen-bond donors (Lipinski definition) is 2. The van der Waals surface area contributed by atoms with Crippen LogP contribution < -0.4 is 5.32 Å². The lowest BCUT2D eigenvalue weighted by molar-refractivity contribution is 0.475. The topological polar surface area (TPSA) is 58.0 Å². The molecule has 0 radical (unpaired) electrons. The minimum absolute atomic E-state index is 0.254. The molecule has 0 atom stereocenters. The normalized spacial score (nSPS) is 9.87. The molecular weight excluding hydrogens is 190 g/mol. The molecule has 0 spiro atoms. The summed E-state index contributed by atoms with van der Waals surface area (Å²) in [6, 6.07) is 6.99. The number of nitrogens with one attached hydrogen (secondary N) is 1. The molecule has 0 aliphatic rings. The van der Waals surface area contributed by atoms with Crippen LogP contribution in [0.5, 0.6) is 5.75 Å². The van der Waals surface area contributed by atoms with Crippen molar-refractivity contribution >= 4 is 5.69 Å². The molecule has 0 unspecified atom stereocenters. The maximum atomic E-state index is 9.25. The highest BCUT2D eigenvalue weighted by Gasteiger charge is 1.95. The van der Waals surface area contributed by atoms with E-state index < -0.39 is 0 Å².